The van der Waals surface area contributed by atoms with Gasteiger partial charge in [0, 0.05) is 40.0 Å². The monoisotopic (exact) mass is 570 g/mol. The zero-order valence-electron chi connectivity index (χ0n) is 22.1. The van der Waals surface area contributed by atoms with E-state index in [0.29, 0.717) is 59.0 Å². The van der Waals surface area contributed by atoms with Crippen molar-refractivity contribution < 1.29 is 14.4 Å². The van der Waals surface area contributed by atoms with Gasteiger partial charge in [0.1, 0.15) is 6.33 Å². The van der Waals surface area contributed by atoms with E-state index < -0.39 is 0 Å². The predicted molar refractivity (Wildman–Crippen MR) is 155 cm³/mol. The summed E-state index contributed by atoms with van der Waals surface area (Å²) < 4.78 is 1.49. The Kier molecular flexibility index (Phi) is 8.44. The summed E-state index contributed by atoms with van der Waals surface area (Å²) in [6.07, 6.45) is 8.73. The Bertz CT molecular complexity index is 1610. The van der Waals surface area contributed by atoms with Crippen molar-refractivity contribution >= 4 is 47.3 Å². The van der Waals surface area contributed by atoms with Crippen LogP contribution < -0.4 is 16.0 Å². The van der Waals surface area contributed by atoms with E-state index in [0.717, 1.165) is 11.1 Å². The number of rotatable bonds is 6. The molecule has 3 amide bonds. The van der Waals surface area contributed by atoms with Gasteiger partial charge in [0.25, 0.3) is 0 Å². The summed E-state index contributed by atoms with van der Waals surface area (Å²) in [6, 6.07) is 13.9. The molecule has 1 aliphatic heterocycles. The third-order valence-electron chi connectivity index (χ3n) is 6.85. The van der Waals surface area contributed by atoms with Gasteiger partial charge in [-0.2, -0.15) is 4.68 Å². The summed E-state index contributed by atoms with van der Waals surface area (Å²) >= 11 is 6.21. The summed E-state index contributed by atoms with van der Waals surface area (Å²) in [5.74, 6) is -0.694. The Hall–Kier alpha value is -4.90. The van der Waals surface area contributed by atoms with Crippen LogP contribution in [0.5, 0.6) is 0 Å². The SMILES string of the molecule is CC1CCC[C@H](NC(=O)/C=C/c2cc(Cl)ccc2-n2cnnn2)c2cc(ccn2)-c2ccc(NC=O)cc2NC1=O. The van der Waals surface area contributed by atoms with Gasteiger partial charge in [-0.15, -0.1) is 5.10 Å². The minimum atomic E-state index is -0.389. The lowest BCUT2D eigenvalue weighted by atomic mass is 9.95. The van der Waals surface area contributed by atoms with Gasteiger partial charge in [0.2, 0.25) is 18.2 Å². The van der Waals surface area contributed by atoms with Crippen LogP contribution in [0.25, 0.3) is 22.9 Å². The third-order valence-corrected chi connectivity index (χ3v) is 7.08. The highest BCUT2D eigenvalue weighted by Crippen LogP contribution is 2.33. The molecule has 0 fully saturated rings. The average Bonchev–Trinajstić information content (AvgIpc) is 3.50. The fourth-order valence-corrected chi connectivity index (χ4v) is 4.88. The largest absolute Gasteiger partial charge is 0.344 e. The van der Waals surface area contributed by atoms with Crippen molar-refractivity contribution in [3.8, 4) is 16.8 Å². The summed E-state index contributed by atoms with van der Waals surface area (Å²) in [5, 5.41) is 20.5. The van der Waals surface area contributed by atoms with Gasteiger partial charge in [-0.25, -0.2) is 0 Å². The first kappa shape index (κ1) is 27.7. The number of aromatic nitrogens is 5. The predicted octanol–water partition coefficient (Wildman–Crippen LogP) is 4.58. The molecule has 0 saturated heterocycles. The molecule has 2 aromatic heterocycles. The van der Waals surface area contributed by atoms with Crippen LogP contribution in [-0.4, -0.2) is 43.4 Å². The number of nitrogens with one attached hydrogen (secondary N) is 3. The van der Waals surface area contributed by atoms with E-state index in [2.05, 4.69) is 36.5 Å². The normalized spacial score (nSPS) is 17.1. The number of pyridine rings is 1. The smallest absolute Gasteiger partial charge is 0.244 e. The third kappa shape index (κ3) is 6.64. The molecule has 5 rings (SSSR count). The van der Waals surface area contributed by atoms with E-state index in [4.69, 9.17) is 11.6 Å². The van der Waals surface area contributed by atoms with Crippen LogP contribution >= 0.6 is 11.6 Å². The van der Waals surface area contributed by atoms with Crippen LogP contribution in [0.3, 0.4) is 0 Å². The van der Waals surface area contributed by atoms with Gasteiger partial charge >= 0.3 is 0 Å². The molecule has 2 atom stereocenters. The summed E-state index contributed by atoms with van der Waals surface area (Å²) in [7, 11) is 0. The highest BCUT2D eigenvalue weighted by molar-refractivity contribution is 6.30. The van der Waals surface area contributed by atoms with E-state index >= 15 is 0 Å². The standard InChI is InChI=1S/C29H27ClN8O3/c1-18-3-2-4-24(34-28(40)10-5-20-13-21(30)6-9-27(20)38-16-33-36-37-38)26-14-19(11-12-31-26)23-8-7-22(32-17-39)15-25(23)35-29(18)41/h5-18,24H,2-4H2,1H3,(H,32,39)(H,34,40)(H,35,41)/b10-5+/t18?,24-/m0/s1. The van der Waals surface area contributed by atoms with Crippen molar-refractivity contribution in [2.75, 3.05) is 10.6 Å². The van der Waals surface area contributed by atoms with Gasteiger partial charge < -0.3 is 16.0 Å². The van der Waals surface area contributed by atoms with Gasteiger partial charge in [-0.05, 0) is 77.4 Å². The van der Waals surface area contributed by atoms with E-state index in [1.54, 1.807) is 42.6 Å². The molecule has 11 nitrogen and oxygen atoms in total. The first-order valence-corrected chi connectivity index (χ1v) is 13.4. The number of carbonyl (C=O) groups excluding carboxylic acids is 3. The number of tetrazole rings is 1. The number of hydrogen-bond donors (Lipinski definition) is 3. The average molecular weight is 571 g/mol. The Morgan fingerprint density at radius 2 is 2.02 bits per heavy atom. The Balaban J connectivity index is 1.44. The van der Waals surface area contributed by atoms with E-state index in [1.807, 2.05) is 25.1 Å². The second kappa shape index (κ2) is 12.5. The molecule has 4 aromatic rings. The second-order valence-corrected chi connectivity index (χ2v) is 10.1. The Labute approximate surface area is 241 Å². The summed E-state index contributed by atoms with van der Waals surface area (Å²) in [6.45, 7) is 1.87. The highest BCUT2D eigenvalue weighted by Gasteiger charge is 2.21. The molecule has 0 saturated carbocycles. The van der Waals surface area contributed by atoms with Crippen molar-refractivity contribution in [1.82, 2.24) is 30.5 Å². The number of anilines is 2. The quantitative estimate of drug-likeness (QED) is 0.227. The lowest BCUT2D eigenvalue weighted by molar-refractivity contribution is -0.120. The Morgan fingerprint density at radius 3 is 2.83 bits per heavy atom. The fraction of sp³-hybridized carbons (Fsp3) is 0.207. The minimum Gasteiger partial charge on any atom is -0.344 e. The van der Waals surface area contributed by atoms with Gasteiger partial charge in [0.05, 0.1) is 23.1 Å². The van der Waals surface area contributed by atoms with Crippen molar-refractivity contribution in [2.45, 2.75) is 32.2 Å². The molecule has 2 bridgehead atoms. The van der Waals surface area contributed by atoms with Crippen LogP contribution in [0.1, 0.15) is 43.5 Å². The molecule has 0 radical (unpaired) electrons. The van der Waals surface area contributed by atoms with E-state index in [1.165, 1.54) is 17.1 Å². The number of fused-ring (bicyclic) bond motifs is 4. The molecule has 1 unspecified atom stereocenters. The van der Waals surface area contributed by atoms with Crippen molar-refractivity contribution in [3.05, 3.63) is 83.4 Å². The number of amides is 3. The van der Waals surface area contributed by atoms with Gasteiger partial charge in [-0.3, -0.25) is 19.4 Å². The molecule has 3 heterocycles. The molecule has 0 spiro atoms. The zero-order valence-corrected chi connectivity index (χ0v) is 22.9. The molecule has 1 aliphatic rings. The molecule has 41 heavy (non-hydrogen) atoms. The van der Waals surface area contributed by atoms with Gasteiger partial charge in [-0.1, -0.05) is 31.0 Å². The van der Waals surface area contributed by atoms with Crippen LogP contribution in [0.15, 0.2) is 67.1 Å². The fourth-order valence-electron chi connectivity index (χ4n) is 4.70. The number of carbonyl (C=O) groups is 3. The maximum absolute atomic E-state index is 13.1. The van der Waals surface area contributed by atoms with Crippen molar-refractivity contribution in [2.24, 2.45) is 5.92 Å². The van der Waals surface area contributed by atoms with Crippen LogP contribution in [-0.2, 0) is 14.4 Å². The lowest BCUT2D eigenvalue weighted by Crippen LogP contribution is -2.28. The summed E-state index contributed by atoms with van der Waals surface area (Å²) in [5.41, 5.74) is 4.76. The number of halogens is 1. The number of nitrogens with zero attached hydrogens (tertiary/aromatic N) is 5. The highest BCUT2D eigenvalue weighted by atomic mass is 35.5. The number of benzene rings is 2. The molecule has 208 valence electrons. The zero-order chi connectivity index (χ0) is 28.8. The van der Waals surface area contributed by atoms with Crippen LogP contribution in [0.2, 0.25) is 5.02 Å². The molecule has 0 aliphatic carbocycles. The molecule has 2 aromatic carbocycles. The molecule has 12 heteroatoms. The first-order valence-electron chi connectivity index (χ1n) is 13.0. The van der Waals surface area contributed by atoms with Crippen LogP contribution in [0, 0.1) is 5.92 Å². The summed E-state index contributed by atoms with van der Waals surface area (Å²) in [4.78, 5) is 41.7. The van der Waals surface area contributed by atoms with Crippen molar-refractivity contribution in [3.63, 3.8) is 0 Å². The van der Waals surface area contributed by atoms with Gasteiger partial charge in [0.15, 0.2) is 0 Å². The van der Waals surface area contributed by atoms with E-state index in [-0.39, 0.29) is 23.8 Å². The number of hydrogen-bond acceptors (Lipinski definition) is 7. The minimum absolute atomic E-state index is 0.118. The van der Waals surface area contributed by atoms with Crippen LogP contribution in [0.4, 0.5) is 11.4 Å². The second-order valence-electron chi connectivity index (χ2n) is 9.67. The van der Waals surface area contributed by atoms with Crippen molar-refractivity contribution in [1.29, 1.82) is 0 Å². The lowest BCUT2D eigenvalue weighted by Gasteiger charge is -2.22. The topological polar surface area (TPSA) is 144 Å². The maximum Gasteiger partial charge on any atom is 0.244 e. The molecule has 3 N–H and O–H groups in total. The first-order chi connectivity index (χ1) is 19.9. The molecular weight excluding hydrogens is 544 g/mol. The maximum atomic E-state index is 13.1. The Morgan fingerprint density at radius 1 is 1.15 bits per heavy atom. The molecular formula is C29H27ClN8O3. The van der Waals surface area contributed by atoms with E-state index in [9.17, 15) is 14.4 Å².